The van der Waals surface area contributed by atoms with Gasteiger partial charge in [-0.2, -0.15) is 8.42 Å². The minimum Gasteiger partial charge on any atom is -0.393 e. The third kappa shape index (κ3) is 15.8. The highest BCUT2D eigenvalue weighted by atomic mass is 32.3. The zero-order valence-electron chi connectivity index (χ0n) is 10.5. The lowest BCUT2D eigenvalue weighted by Crippen LogP contribution is -2.04. The van der Waals surface area contributed by atoms with Crippen molar-refractivity contribution in [2.24, 2.45) is 0 Å². The number of hydrogen-bond donors (Lipinski definition) is 2. The average molecular weight is 268 g/mol. The number of aliphatic hydroxyl groups is 1. The summed E-state index contributed by atoms with van der Waals surface area (Å²) in [6.07, 6.45) is 7.71. The standard InChI is InChI=1S/C11H24O5S/c1-11(12)9-7-5-3-2-4-6-8-10-16-17(13,14)15/h11-12H,2-10H2,1H3,(H,13,14,15). The molecule has 0 saturated carbocycles. The lowest BCUT2D eigenvalue weighted by Gasteiger charge is -2.04. The summed E-state index contributed by atoms with van der Waals surface area (Å²) in [5.74, 6) is 0. The highest BCUT2D eigenvalue weighted by molar-refractivity contribution is 7.80. The van der Waals surface area contributed by atoms with Crippen molar-refractivity contribution in [2.75, 3.05) is 6.61 Å². The summed E-state index contributed by atoms with van der Waals surface area (Å²) in [7, 11) is -4.26. The first-order valence-corrected chi connectivity index (χ1v) is 7.58. The molecule has 0 heterocycles. The molecule has 0 radical (unpaired) electrons. The van der Waals surface area contributed by atoms with Gasteiger partial charge in [0.05, 0.1) is 12.7 Å². The van der Waals surface area contributed by atoms with Crippen LogP contribution >= 0.6 is 0 Å². The highest BCUT2D eigenvalue weighted by Crippen LogP contribution is 2.09. The maximum Gasteiger partial charge on any atom is 0.397 e. The normalized spacial score (nSPS) is 13.8. The molecule has 1 atom stereocenters. The highest BCUT2D eigenvalue weighted by Gasteiger charge is 2.02. The fourth-order valence-electron chi connectivity index (χ4n) is 1.59. The van der Waals surface area contributed by atoms with Crippen LogP contribution in [-0.2, 0) is 14.6 Å². The minimum atomic E-state index is -4.26. The molecule has 17 heavy (non-hydrogen) atoms. The van der Waals surface area contributed by atoms with Crippen LogP contribution in [0, 0.1) is 0 Å². The molecule has 0 fully saturated rings. The molecular formula is C11H24O5S. The molecule has 0 amide bonds. The van der Waals surface area contributed by atoms with E-state index in [0.717, 1.165) is 44.9 Å². The Balaban J connectivity index is 3.09. The molecule has 0 aromatic carbocycles. The monoisotopic (exact) mass is 268 g/mol. The second-order valence-corrected chi connectivity index (χ2v) is 5.45. The fourth-order valence-corrected chi connectivity index (χ4v) is 1.92. The van der Waals surface area contributed by atoms with Gasteiger partial charge in [0.15, 0.2) is 0 Å². The van der Waals surface area contributed by atoms with E-state index in [2.05, 4.69) is 4.18 Å². The molecule has 0 spiro atoms. The van der Waals surface area contributed by atoms with E-state index in [1.165, 1.54) is 0 Å². The maximum absolute atomic E-state index is 10.2. The van der Waals surface area contributed by atoms with Crippen molar-refractivity contribution in [1.82, 2.24) is 0 Å². The summed E-state index contributed by atoms with van der Waals surface area (Å²) in [5, 5.41) is 9.03. The summed E-state index contributed by atoms with van der Waals surface area (Å²) in [4.78, 5) is 0. The Morgan fingerprint density at radius 2 is 1.47 bits per heavy atom. The van der Waals surface area contributed by atoms with Gasteiger partial charge in [-0.3, -0.25) is 4.55 Å². The van der Waals surface area contributed by atoms with Crippen LogP contribution in [0.2, 0.25) is 0 Å². The van der Waals surface area contributed by atoms with Gasteiger partial charge in [0.2, 0.25) is 0 Å². The second kappa shape index (κ2) is 9.82. The molecule has 6 heteroatoms. The molecule has 0 aromatic rings. The summed E-state index contributed by atoms with van der Waals surface area (Å²) in [6.45, 7) is 1.86. The SMILES string of the molecule is CC(O)CCCCCCCCCOS(=O)(=O)O. The largest absolute Gasteiger partial charge is 0.397 e. The van der Waals surface area contributed by atoms with Crippen LogP contribution in [0.1, 0.15) is 58.3 Å². The van der Waals surface area contributed by atoms with Crippen LogP contribution < -0.4 is 0 Å². The fraction of sp³-hybridized carbons (Fsp3) is 1.00. The van der Waals surface area contributed by atoms with E-state index in [1.807, 2.05) is 0 Å². The molecule has 5 nitrogen and oxygen atoms in total. The van der Waals surface area contributed by atoms with Gasteiger partial charge in [0, 0.05) is 0 Å². The Labute approximate surface area is 104 Å². The molecule has 1 unspecified atom stereocenters. The van der Waals surface area contributed by atoms with Crippen LogP contribution in [0.5, 0.6) is 0 Å². The molecule has 2 N–H and O–H groups in total. The molecule has 0 aromatic heterocycles. The van der Waals surface area contributed by atoms with E-state index < -0.39 is 10.4 Å². The molecule has 0 rings (SSSR count). The van der Waals surface area contributed by atoms with E-state index in [0.29, 0.717) is 6.42 Å². The van der Waals surface area contributed by atoms with Crippen molar-refractivity contribution in [1.29, 1.82) is 0 Å². The first-order valence-electron chi connectivity index (χ1n) is 6.22. The first-order chi connectivity index (χ1) is 7.92. The van der Waals surface area contributed by atoms with Crippen LogP contribution in [0.25, 0.3) is 0 Å². The number of unbranched alkanes of at least 4 members (excludes halogenated alkanes) is 6. The third-order valence-electron chi connectivity index (χ3n) is 2.50. The Morgan fingerprint density at radius 1 is 1.00 bits per heavy atom. The molecular weight excluding hydrogens is 244 g/mol. The van der Waals surface area contributed by atoms with Crippen molar-refractivity contribution in [3.05, 3.63) is 0 Å². The number of rotatable bonds is 11. The van der Waals surface area contributed by atoms with E-state index >= 15 is 0 Å². The Morgan fingerprint density at radius 3 is 1.94 bits per heavy atom. The van der Waals surface area contributed by atoms with Crippen LogP contribution in [0.3, 0.4) is 0 Å². The number of hydrogen-bond acceptors (Lipinski definition) is 4. The smallest absolute Gasteiger partial charge is 0.393 e. The van der Waals surface area contributed by atoms with Gasteiger partial charge in [0.1, 0.15) is 0 Å². The molecule has 0 aliphatic carbocycles. The van der Waals surface area contributed by atoms with Gasteiger partial charge in [-0.1, -0.05) is 38.5 Å². The molecule has 0 aliphatic heterocycles. The maximum atomic E-state index is 10.2. The number of aliphatic hydroxyl groups excluding tert-OH is 1. The Bertz CT molecular complexity index is 261. The molecule has 0 saturated heterocycles. The predicted octanol–water partition coefficient (Wildman–Crippen LogP) is 2.31. The second-order valence-electron chi connectivity index (χ2n) is 4.36. The zero-order chi connectivity index (χ0) is 13.1. The molecule has 104 valence electrons. The van der Waals surface area contributed by atoms with Crippen LogP contribution in [0.4, 0.5) is 0 Å². The van der Waals surface area contributed by atoms with Gasteiger partial charge in [0.25, 0.3) is 0 Å². The van der Waals surface area contributed by atoms with Crippen LogP contribution in [0.15, 0.2) is 0 Å². The Hall–Kier alpha value is -0.170. The van der Waals surface area contributed by atoms with Crippen molar-refractivity contribution in [2.45, 2.75) is 64.4 Å². The van der Waals surface area contributed by atoms with Gasteiger partial charge >= 0.3 is 10.4 Å². The zero-order valence-corrected chi connectivity index (χ0v) is 11.3. The van der Waals surface area contributed by atoms with Gasteiger partial charge in [-0.15, -0.1) is 0 Å². The lowest BCUT2D eigenvalue weighted by atomic mass is 10.1. The summed E-state index contributed by atoms with van der Waals surface area (Å²) in [5.41, 5.74) is 0. The summed E-state index contributed by atoms with van der Waals surface area (Å²) < 4.78 is 32.9. The van der Waals surface area contributed by atoms with Crippen molar-refractivity contribution in [3.63, 3.8) is 0 Å². The van der Waals surface area contributed by atoms with Crippen molar-refractivity contribution < 1.29 is 22.3 Å². The van der Waals surface area contributed by atoms with Gasteiger partial charge in [-0.25, -0.2) is 4.18 Å². The summed E-state index contributed by atoms with van der Waals surface area (Å²) >= 11 is 0. The first kappa shape index (κ1) is 16.8. The van der Waals surface area contributed by atoms with Gasteiger partial charge in [-0.05, 0) is 19.8 Å². The Kier molecular flexibility index (Phi) is 9.72. The lowest BCUT2D eigenvalue weighted by molar-refractivity contribution is 0.180. The molecule has 0 bridgehead atoms. The third-order valence-corrected chi connectivity index (χ3v) is 2.96. The van der Waals surface area contributed by atoms with Crippen LogP contribution in [-0.4, -0.2) is 30.8 Å². The van der Waals surface area contributed by atoms with E-state index in [1.54, 1.807) is 6.92 Å². The van der Waals surface area contributed by atoms with E-state index in [9.17, 15) is 8.42 Å². The quantitative estimate of drug-likeness (QED) is 0.444. The van der Waals surface area contributed by atoms with E-state index in [4.69, 9.17) is 9.66 Å². The topological polar surface area (TPSA) is 83.8 Å². The van der Waals surface area contributed by atoms with Crippen molar-refractivity contribution >= 4 is 10.4 Å². The molecule has 0 aliphatic rings. The minimum absolute atomic E-state index is 0.0564. The predicted molar refractivity (Wildman–Crippen MR) is 66.1 cm³/mol. The summed E-state index contributed by atoms with van der Waals surface area (Å²) in [6, 6.07) is 0. The van der Waals surface area contributed by atoms with Crippen molar-refractivity contribution in [3.8, 4) is 0 Å². The average Bonchev–Trinajstić information content (AvgIpc) is 2.18. The van der Waals surface area contributed by atoms with Gasteiger partial charge < -0.3 is 5.11 Å². The van der Waals surface area contributed by atoms with E-state index in [-0.39, 0.29) is 12.7 Å².